The second-order valence-electron chi connectivity index (χ2n) is 6.31. The highest BCUT2D eigenvalue weighted by Gasteiger charge is 2.30. The summed E-state index contributed by atoms with van der Waals surface area (Å²) in [6.45, 7) is 3.98. The van der Waals surface area contributed by atoms with Gasteiger partial charge in [0, 0.05) is 29.1 Å². The first kappa shape index (κ1) is 16.6. The van der Waals surface area contributed by atoms with Crippen molar-refractivity contribution in [2.24, 2.45) is 0 Å². The fourth-order valence-corrected chi connectivity index (χ4v) is 3.15. The molecule has 0 N–H and O–H groups in total. The number of hydrogen-bond donors (Lipinski definition) is 0. The van der Waals surface area contributed by atoms with Crippen LogP contribution >= 0.6 is 0 Å². The molecule has 0 spiro atoms. The zero-order chi connectivity index (χ0) is 17.3. The second kappa shape index (κ2) is 6.67. The molecule has 0 unspecified atom stereocenters. The van der Waals surface area contributed by atoms with E-state index in [9.17, 15) is 9.59 Å². The quantitative estimate of drug-likeness (QED) is 0.589. The minimum absolute atomic E-state index is 0.242. The molecule has 1 aromatic heterocycles. The van der Waals surface area contributed by atoms with Gasteiger partial charge >= 0.3 is 11.9 Å². The van der Waals surface area contributed by atoms with Crippen molar-refractivity contribution in [3.63, 3.8) is 0 Å². The average molecular weight is 329 g/mol. The Hall–Kier alpha value is -2.30. The normalized spacial score (nSPS) is 14.0. The van der Waals surface area contributed by atoms with E-state index in [0.717, 1.165) is 42.3 Å². The van der Waals surface area contributed by atoms with Crippen molar-refractivity contribution in [3.8, 4) is 5.75 Å². The fraction of sp³-hybridized carbons (Fsp3) is 0.474. The molecule has 5 nitrogen and oxygen atoms in total. The summed E-state index contributed by atoms with van der Waals surface area (Å²) in [7, 11) is 1.39. The lowest BCUT2D eigenvalue weighted by molar-refractivity contribution is -0.134. The molecule has 1 fully saturated rings. The number of aromatic nitrogens is 1. The van der Waals surface area contributed by atoms with Gasteiger partial charge < -0.3 is 14.0 Å². The molecule has 3 rings (SSSR count). The van der Waals surface area contributed by atoms with Crippen molar-refractivity contribution >= 4 is 22.8 Å². The van der Waals surface area contributed by atoms with Crippen molar-refractivity contribution in [1.82, 2.24) is 4.57 Å². The van der Waals surface area contributed by atoms with Crippen LogP contribution in [0.2, 0.25) is 0 Å². The third kappa shape index (κ3) is 3.03. The number of methoxy groups -OCH3 is 1. The van der Waals surface area contributed by atoms with Gasteiger partial charge in [-0.2, -0.15) is 0 Å². The molecular formula is C19H23NO4. The molecule has 1 saturated carbocycles. The van der Waals surface area contributed by atoms with Crippen LogP contribution in [-0.4, -0.2) is 23.6 Å². The van der Waals surface area contributed by atoms with Crippen LogP contribution in [0.4, 0.5) is 0 Å². The highest BCUT2D eigenvalue weighted by molar-refractivity contribution is 6.06. The van der Waals surface area contributed by atoms with Crippen LogP contribution in [0.25, 0.3) is 10.9 Å². The van der Waals surface area contributed by atoms with Crippen LogP contribution in [0.3, 0.4) is 0 Å². The van der Waals surface area contributed by atoms with E-state index in [2.05, 4.69) is 4.57 Å². The number of carbonyl (C=O) groups excluding carboxylic acids is 2. The fourth-order valence-electron chi connectivity index (χ4n) is 3.15. The molecule has 1 aromatic carbocycles. The SMILES string of the molecule is CCCCC(=O)Oc1ccc2c(c1)c(C(=O)OC)c(C)n2C1CC1. The monoisotopic (exact) mass is 329 g/mol. The molecule has 1 aliphatic rings. The van der Waals surface area contributed by atoms with E-state index in [1.54, 1.807) is 12.1 Å². The summed E-state index contributed by atoms with van der Waals surface area (Å²) in [6.07, 6.45) is 4.41. The number of rotatable bonds is 6. The van der Waals surface area contributed by atoms with Gasteiger partial charge in [-0.15, -0.1) is 0 Å². The van der Waals surface area contributed by atoms with E-state index >= 15 is 0 Å². The molecule has 128 valence electrons. The molecule has 2 aromatic rings. The minimum atomic E-state index is -0.355. The van der Waals surface area contributed by atoms with Gasteiger partial charge in [-0.25, -0.2) is 4.79 Å². The average Bonchev–Trinajstić information content (AvgIpc) is 3.35. The number of carbonyl (C=O) groups is 2. The highest BCUT2D eigenvalue weighted by Crippen LogP contribution is 2.42. The van der Waals surface area contributed by atoms with Crippen molar-refractivity contribution in [2.45, 2.75) is 52.0 Å². The lowest BCUT2D eigenvalue weighted by atomic mass is 10.1. The minimum Gasteiger partial charge on any atom is -0.465 e. The van der Waals surface area contributed by atoms with Crippen molar-refractivity contribution in [1.29, 1.82) is 0 Å². The first-order valence-corrected chi connectivity index (χ1v) is 8.50. The molecule has 0 aliphatic heterocycles. The molecular weight excluding hydrogens is 306 g/mol. The summed E-state index contributed by atoms with van der Waals surface area (Å²) in [6, 6.07) is 5.95. The van der Waals surface area contributed by atoms with Crippen LogP contribution in [-0.2, 0) is 9.53 Å². The third-order valence-corrected chi connectivity index (χ3v) is 4.49. The zero-order valence-corrected chi connectivity index (χ0v) is 14.4. The molecule has 1 aliphatic carbocycles. The molecule has 0 atom stereocenters. The number of nitrogens with zero attached hydrogens (tertiary/aromatic N) is 1. The lowest BCUT2D eigenvalue weighted by Gasteiger charge is -2.07. The van der Waals surface area contributed by atoms with Crippen LogP contribution < -0.4 is 4.74 Å². The summed E-state index contributed by atoms with van der Waals surface area (Å²) >= 11 is 0. The molecule has 0 amide bonds. The van der Waals surface area contributed by atoms with Gasteiger partial charge in [0.15, 0.2) is 0 Å². The summed E-state index contributed by atoms with van der Waals surface area (Å²) in [4.78, 5) is 24.1. The number of fused-ring (bicyclic) bond motifs is 1. The predicted molar refractivity (Wildman–Crippen MR) is 91.4 cm³/mol. The van der Waals surface area contributed by atoms with E-state index in [0.29, 0.717) is 23.8 Å². The smallest absolute Gasteiger partial charge is 0.340 e. The summed E-state index contributed by atoms with van der Waals surface area (Å²) in [5, 5.41) is 0.784. The molecule has 0 bridgehead atoms. The Kier molecular flexibility index (Phi) is 4.60. The Morgan fingerprint density at radius 1 is 1.29 bits per heavy atom. The van der Waals surface area contributed by atoms with Crippen LogP contribution in [0.15, 0.2) is 18.2 Å². The van der Waals surface area contributed by atoms with Gasteiger partial charge in [0.2, 0.25) is 0 Å². The van der Waals surface area contributed by atoms with Crippen molar-refractivity contribution in [3.05, 3.63) is 29.5 Å². The van der Waals surface area contributed by atoms with Crippen LogP contribution in [0.5, 0.6) is 5.75 Å². The van der Waals surface area contributed by atoms with E-state index in [1.807, 2.05) is 19.9 Å². The maximum atomic E-state index is 12.2. The number of unbranched alkanes of at least 4 members (excludes halogenated alkanes) is 1. The number of ether oxygens (including phenoxy) is 2. The number of esters is 2. The Morgan fingerprint density at radius 3 is 2.67 bits per heavy atom. The number of benzene rings is 1. The number of hydrogen-bond acceptors (Lipinski definition) is 4. The van der Waals surface area contributed by atoms with Crippen molar-refractivity contribution in [2.75, 3.05) is 7.11 Å². The molecule has 0 saturated heterocycles. The van der Waals surface area contributed by atoms with Crippen LogP contribution in [0.1, 0.15) is 61.1 Å². The maximum Gasteiger partial charge on any atom is 0.340 e. The Labute approximate surface area is 141 Å². The van der Waals surface area contributed by atoms with Gasteiger partial charge in [0.25, 0.3) is 0 Å². The van der Waals surface area contributed by atoms with Gasteiger partial charge in [-0.3, -0.25) is 4.79 Å². The van der Waals surface area contributed by atoms with Crippen LogP contribution in [0, 0.1) is 6.92 Å². The van der Waals surface area contributed by atoms with E-state index in [4.69, 9.17) is 9.47 Å². The molecule has 1 heterocycles. The molecule has 0 radical (unpaired) electrons. The first-order chi connectivity index (χ1) is 11.6. The van der Waals surface area contributed by atoms with Gasteiger partial charge in [0.05, 0.1) is 12.7 Å². The first-order valence-electron chi connectivity index (χ1n) is 8.50. The van der Waals surface area contributed by atoms with Gasteiger partial charge in [-0.1, -0.05) is 13.3 Å². The standard InChI is InChI=1S/C19H23NO4/c1-4-5-6-17(21)24-14-9-10-16-15(11-14)18(19(22)23-3)12(2)20(16)13-7-8-13/h9-11,13H,4-8H2,1-3H3. The van der Waals surface area contributed by atoms with Gasteiger partial charge in [-0.05, 0) is 44.4 Å². The topological polar surface area (TPSA) is 57.5 Å². The summed E-state index contributed by atoms with van der Waals surface area (Å²) < 4.78 is 12.6. The predicted octanol–water partition coefficient (Wildman–Crippen LogP) is 4.17. The van der Waals surface area contributed by atoms with E-state index in [-0.39, 0.29) is 11.9 Å². The Bertz CT molecular complexity index is 786. The van der Waals surface area contributed by atoms with E-state index in [1.165, 1.54) is 7.11 Å². The van der Waals surface area contributed by atoms with E-state index < -0.39 is 0 Å². The maximum absolute atomic E-state index is 12.2. The van der Waals surface area contributed by atoms with Crippen molar-refractivity contribution < 1.29 is 19.1 Å². The Morgan fingerprint density at radius 2 is 2.04 bits per heavy atom. The Balaban J connectivity index is 2.01. The molecule has 5 heteroatoms. The molecule has 24 heavy (non-hydrogen) atoms. The largest absolute Gasteiger partial charge is 0.465 e. The lowest BCUT2D eigenvalue weighted by Crippen LogP contribution is -2.07. The highest BCUT2D eigenvalue weighted by atomic mass is 16.5. The zero-order valence-electron chi connectivity index (χ0n) is 14.4. The summed E-state index contributed by atoms with van der Waals surface area (Å²) in [5.74, 6) is -0.123. The summed E-state index contributed by atoms with van der Waals surface area (Å²) in [5.41, 5.74) is 2.46. The van der Waals surface area contributed by atoms with Gasteiger partial charge in [0.1, 0.15) is 5.75 Å². The second-order valence-corrected chi connectivity index (χ2v) is 6.31. The third-order valence-electron chi connectivity index (χ3n) is 4.49.